The Balaban J connectivity index is 2.86. The molecule has 0 fully saturated rings. The number of nitrogens with one attached hydrogen (secondary N) is 3. The molecular weight excluding hydrogens is 178 g/mol. The predicted octanol–water partition coefficient (Wildman–Crippen LogP) is -0.163. The van der Waals surface area contributed by atoms with Crippen molar-refractivity contribution in [2.45, 2.75) is 0 Å². The molecule has 66 valence electrons. The maximum absolute atomic E-state index is 10.8. The summed E-state index contributed by atoms with van der Waals surface area (Å²) in [6, 6.07) is 1.34. The van der Waals surface area contributed by atoms with E-state index in [1.807, 2.05) is 0 Å². The summed E-state index contributed by atoms with van der Waals surface area (Å²) in [6.07, 6.45) is 0. The summed E-state index contributed by atoms with van der Waals surface area (Å²) in [5.74, 6) is 0.512. The lowest BCUT2D eigenvalue weighted by molar-refractivity contribution is 0.311. The van der Waals surface area contributed by atoms with Crippen molar-refractivity contribution >= 4 is 18.0 Å². The van der Waals surface area contributed by atoms with Crippen molar-refractivity contribution < 1.29 is 5.11 Å². The van der Waals surface area contributed by atoms with Crippen LogP contribution in [0.25, 0.3) is 0 Å². The summed E-state index contributed by atoms with van der Waals surface area (Å²) in [4.78, 5) is 15.9. The van der Waals surface area contributed by atoms with Crippen molar-refractivity contribution in [2.75, 3.05) is 18.5 Å². The van der Waals surface area contributed by atoms with Gasteiger partial charge in [0, 0.05) is 12.6 Å². The fourth-order valence-corrected chi connectivity index (χ4v) is 0.965. The molecule has 0 radical (unpaired) electrons. The minimum atomic E-state index is -0.265. The summed E-state index contributed by atoms with van der Waals surface area (Å²) in [6.45, 7) is 0.391. The Morgan fingerprint density at radius 1 is 1.58 bits per heavy atom. The normalized spacial score (nSPS) is 9.75. The molecule has 5 nitrogen and oxygen atoms in total. The lowest BCUT2D eigenvalue weighted by Gasteiger charge is -2.01. The first-order chi connectivity index (χ1) is 5.72. The zero-order valence-corrected chi connectivity index (χ0v) is 7.07. The van der Waals surface area contributed by atoms with Crippen LogP contribution in [0.3, 0.4) is 0 Å². The highest BCUT2D eigenvalue weighted by molar-refractivity contribution is 7.71. The van der Waals surface area contributed by atoms with E-state index in [4.69, 9.17) is 17.3 Å². The number of H-pyrrole nitrogens is 2. The van der Waals surface area contributed by atoms with Crippen LogP contribution in [-0.2, 0) is 0 Å². The van der Waals surface area contributed by atoms with E-state index in [1.165, 1.54) is 6.07 Å². The Hall–Kier alpha value is -1.14. The van der Waals surface area contributed by atoms with E-state index in [2.05, 4.69) is 15.3 Å². The van der Waals surface area contributed by atoms with Crippen LogP contribution in [-0.4, -0.2) is 28.2 Å². The van der Waals surface area contributed by atoms with Gasteiger partial charge in [-0.3, -0.25) is 9.78 Å². The Bertz CT molecular complexity index is 328. The quantitative estimate of drug-likeness (QED) is 0.495. The van der Waals surface area contributed by atoms with Crippen molar-refractivity contribution in [3.05, 3.63) is 21.2 Å². The number of aliphatic hydroxyl groups is 1. The van der Waals surface area contributed by atoms with Gasteiger partial charge in [0.1, 0.15) is 5.82 Å². The fourth-order valence-electron chi connectivity index (χ4n) is 0.755. The van der Waals surface area contributed by atoms with Crippen LogP contribution >= 0.6 is 12.2 Å². The Kier molecular flexibility index (Phi) is 3.01. The van der Waals surface area contributed by atoms with Crippen LogP contribution in [0.5, 0.6) is 0 Å². The van der Waals surface area contributed by atoms with Gasteiger partial charge in [0.25, 0.3) is 5.56 Å². The molecule has 4 N–H and O–H groups in total. The third kappa shape index (κ3) is 2.48. The molecule has 0 saturated carbocycles. The minimum Gasteiger partial charge on any atom is -0.395 e. The predicted molar refractivity (Wildman–Crippen MR) is 47.8 cm³/mol. The van der Waals surface area contributed by atoms with Gasteiger partial charge < -0.3 is 15.4 Å². The molecule has 0 unspecified atom stereocenters. The molecule has 0 aliphatic carbocycles. The maximum Gasteiger partial charge on any atom is 0.253 e. The molecule has 1 aromatic heterocycles. The van der Waals surface area contributed by atoms with Crippen molar-refractivity contribution in [1.29, 1.82) is 0 Å². The highest BCUT2D eigenvalue weighted by Crippen LogP contribution is 1.93. The van der Waals surface area contributed by atoms with Crippen LogP contribution < -0.4 is 10.9 Å². The largest absolute Gasteiger partial charge is 0.395 e. The third-order valence-electron chi connectivity index (χ3n) is 1.19. The lowest BCUT2D eigenvalue weighted by Crippen LogP contribution is -2.12. The van der Waals surface area contributed by atoms with Gasteiger partial charge in [0.2, 0.25) is 0 Å². The Morgan fingerprint density at radius 3 is 2.92 bits per heavy atom. The van der Waals surface area contributed by atoms with E-state index in [1.54, 1.807) is 0 Å². The Labute approximate surface area is 73.5 Å². The van der Waals surface area contributed by atoms with Crippen LogP contribution in [0.2, 0.25) is 0 Å². The molecule has 6 heteroatoms. The average molecular weight is 187 g/mol. The topological polar surface area (TPSA) is 80.9 Å². The van der Waals surface area contributed by atoms with E-state index in [0.717, 1.165) is 0 Å². The second-order valence-corrected chi connectivity index (χ2v) is 2.56. The minimum absolute atomic E-state index is 0.00734. The molecule has 0 atom stereocenters. The second kappa shape index (κ2) is 4.03. The standard InChI is InChI=1S/C6H9N3O2S/c10-2-1-7-4-3-5(11)9-6(12)8-4/h3,10H,1-2H2,(H3,7,8,9,11,12). The zero-order chi connectivity index (χ0) is 8.97. The highest BCUT2D eigenvalue weighted by atomic mass is 32.1. The van der Waals surface area contributed by atoms with Gasteiger partial charge in [-0.15, -0.1) is 0 Å². The van der Waals surface area contributed by atoms with Crippen LogP contribution in [0.1, 0.15) is 0 Å². The number of aliphatic hydroxyl groups excluding tert-OH is 1. The number of aromatic amines is 2. The van der Waals surface area contributed by atoms with Crippen molar-refractivity contribution in [2.24, 2.45) is 0 Å². The number of anilines is 1. The molecule has 1 aromatic rings. The molecular formula is C6H9N3O2S. The van der Waals surface area contributed by atoms with E-state index in [9.17, 15) is 4.79 Å². The number of rotatable bonds is 3. The molecule has 0 aliphatic heterocycles. The first-order valence-corrected chi connectivity index (χ1v) is 3.81. The number of hydrogen-bond acceptors (Lipinski definition) is 4. The monoisotopic (exact) mass is 187 g/mol. The highest BCUT2D eigenvalue weighted by Gasteiger charge is 1.91. The molecule has 1 rings (SSSR count). The first-order valence-electron chi connectivity index (χ1n) is 3.41. The maximum atomic E-state index is 10.8. The van der Waals surface area contributed by atoms with Gasteiger partial charge in [-0.25, -0.2) is 0 Å². The molecule has 0 bridgehead atoms. The smallest absolute Gasteiger partial charge is 0.253 e. The van der Waals surface area contributed by atoms with E-state index in [-0.39, 0.29) is 16.9 Å². The van der Waals surface area contributed by atoms with Gasteiger partial charge >= 0.3 is 0 Å². The van der Waals surface area contributed by atoms with Gasteiger partial charge in [0.05, 0.1) is 6.61 Å². The van der Waals surface area contributed by atoms with Gasteiger partial charge in [-0.05, 0) is 12.2 Å². The first kappa shape index (κ1) is 8.95. The van der Waals surface area contributed by atoms with Crippen molar-refractivity contribution in [1.82, 2.24) is 9.97 Å². The van der Waals surface area contributed by atoms with E-state index >= 15 is 0 Å². The van der Waals surface area contributed by atoms with Crippen LogP contribution in [0.4, 0.5) is 5.82 Å². The molecule has 0 aliphatic rings. The van der Waals surface area contributed by atoms with E-state index < -0.39 is 0 Å². The molecule has 0 amide bonds. The number of aromatic nitrogens is 2. The third-order valence-corrected chi connectivity index (χ3v) is 1.39. The summed E-state index contributed by atoms with van der Waals surface area (Å²) in [5, 5.41) is 11.3. The van der Waals surface area contributed by atoms with Gasteiger partial charge in [-0.2, -0.15) is 0 Å². The molecule has 0 spiro atoms. The molecule has 1 heterocycles. The Morgan fingerprint density at radius 2 is 2.33 bits per heavy atom. The van der Waals surface area contributed by atoms with E-state index in [0.29, 0.717) is 12.4 Å². The summed E-state index contributed by atoms with van der Waals surface area (Å²) in [7, 11) is 0. The summed E-state index contributed by atoms with van der Waals surface area (Å²) >= 11 is 4.72. The number of hydrogen-bond donors (Lipinski definition) is 4. The molecule has 0 saturated heterocycles. The molecule has 0 aromatic carbocycles. The van der Waals surface area contributed by atoms with Crippen molar-refractivity contribution in [3.63, 3.8) is 0 Å². The second-order valence-electron chi connectivity index (χ2n) is 2.15. The summed E-state index contributed by atoms with van der Waals surface area (Å²) in [5.41, 5.74) is -0.265. The van der Waals surface area contributed by atoms with Gasteiger partial charge in [-0.1, -0.05) is 0 Å². The summed E-state index contributed by atoms with van der Waals surface area (Å²) < 4.78 is 0.267. The zero-order valence-electron chi connectivity index (χ0n) is 6.26. The van der Waals surface area contributed by atoms with Crippen LogP contribution in [0.15, 0.2) is 10.9 Å². The SMILES string of the molecule is O=c1cc(NCCO)[nH]c(=S)[nH]1. The van der Waals surface area contributed by atoms with Crippen LogP contribution in [0, 0.1) is 4.77 Å². The fraction of sp³-hybridized carbons (Fsp3) is 0.333. The molecule has 12 heavy (non-hydrogen) atoms. The van der Waals surface area contributed by atoms with Gasteiger partial charge in [0.15, 0.2) is 4.77 Å². The lowest BCUT2D eigenvalue weighted by atomic mass is 10.5. The average Bonchev–Trinajstić information content (AvgIpc) is 1.99. The van der Waals surface area contributed by atoms with Crippen molar-refractivity contribution in [3.8, 4) is 0 Å².